The van der Waals surface area contributed by atoms with Crippen LogP contribution in [0.5, 0.6) is 5.75 Å². The summed E-state index contributed by atoms with van der Waals surface area (Å²) in [6, 6.07) is 8.03. The molecule has 4 rings (SSSR count). The van der Waals surface area contributed by atoms with Gasteiger partial charge in [0.15, 0.2) is 11.5 Å². The highest BCUT2D eigenvalue weighted by molar-refractivity contribution is 5.93. The van der Waals surface area contributed by atoms with Gasteiger partial charge in [-0.2, -0.15) is 0 Å². The second-order valence-electron chi connectivity index (χ2n) is 6.62. The fraction of sp³-hybridized carbons (Fsp3) is 0.333. The summed E-state index contributed by atoms with van der Waals surface area (Å²) in [5.74, 6) is 0.914. The van der Waals surface area contributed by atoms with Gasteiger partial charge in [0.25, 0.3) is 5.91 Å². The van der Waals surface area contributed by atoms with E-state index >= 15 is 0 Å². The molecular weight excluding hydrogens is 352 g/mol. The van der Waals surface area contributed by atoms with Crippen molar-refractivity contribution in [2.75, 3.05) is 0 Å². The summed E-state index contributed by atoms with van der Waals surface area (Å²) in [5.41, 5.74) is 0.807. The first-order valence-electron chi connectivity index (χ1n) is 8.58. The number of hydrogen-bond donors (Lipinski definition) is 3. The number of rotatable bonds is 5. The van der Waals surface area contributed by atoms with Crippen LogP contribution in [0.25, 0.3) is 11.3 Å². The van der Waals surface area contributed by atoms with E-state index in [1.54, 1.807) is 25.1 Å². The Morgan fingerprint density at radius 2 is 2.11 bits per heavy atom. The Morgan fingerprint density at radius 3 is 2.81 bits per heavy atom. The van der Waals surface area contributed by atoms with Crippen LogP contribution in [0.4, 0.5) is 0 Å². The summed E-state index contributed by atoms with van der Waals surface area (Å²) in [5, 5.41) is 33.4. The zero-order chi connectivity index (χ0) is 19.0. The highest BCUT2D eigenvalue weighted by Gasteiger charge is 2.36. The van der Waals surface area contributed by atoms with Crippen molar-refractivity contribution in [3.05, 3.63) is 47.8 Å². The fourth-order valence-corrected chi connectivity index (χ4v) is 2.95. The number of carbonyl (C=O) groups is 1. The van der Waals surface area contributed by atoms with Crippen LogP contribution in [0.1, 0.15) is 54.1 Å². The van der Waals surface area contributed by atoms with Crippen LogP contribution in [0.3, 0.4) is 0 Å². The highest BCUT2D eigenvalue weighted by atomic mass is 16.5. The summed E-state index contributed by atoms with van der Waals surface area (Å²) in [7, 11) is 0. The Kier molecular flexibility index (Phi) is 4.36. The van der Waals surface area contributed by atoms with E-state index in [0.717, 1.165) is 0 Å². The summed E-state index contributed by atoms with van der Waals surface area (Å²) in [4.78, 5) is 12.3. The topological polar surface area (TPSA) is 135 Å². The van der Waals surface area contributed by atoms with Crippen molar-refractivity contribution in [3.8, 4) is 17.1 Å². The summed E-state index contributed by atoms with van der Waals surface area (Å²) >= 11 is 0. The average Bonchev–Trinajstić information content (AvgIpc) is 3.27. The van der Waals surface area contributed by atoms with E-state index in [1.807, 2.05) is 0 Å². The summed E-state index contributed by atoms with van der Waals surface area (Å²) in [6.07, 6.45) is 0.546. The molecule has 1 amide bonds. The maximum Gasteiger partial charge on any atom is 0.273 e. The van der Waals surface area contributed by atoms with Crippen molar-refractivity contribution in [3.63, 3.8) is 0 Å². The van der Waals surface area contributed by atoms with Crippen LogP contribution >= 0.6 is 0 Å². The molecule has 2 heterocycles. The molecule has 3 aromatic rings. The maximum absolute atomic E-state index is 12.3. The quantitative estimate of drug-likeness (QED) is 0.622. The highest BCUT2D eigenvalue weighted by Crippen LogP contribution is 2.36. The van der Waals surface area contributed by atoms with Gasteiger partial charge in [-0.25, -0.2) is 0 Å². The van der Waals surface area contributed by atoms with Crippen molar-refractivity contribution < 1.29 is 23.9 Å². The monoisotopic (exact) mass is 370 g/mol. The number of aliphatic hydroxyl groups is 1. The molecule has 0 aliphatic heterocycles. The summed E-state index contributed by atoms with van der Waals surface area (Å²) in [6.45, 7) is 1.56. The Morgan fingerprint density at radius 1 is 1.30 bits per heavy atom. The molecular formula is C18H18N4O5. The predicted octanol–water partition coefficient (Wildman–Crippen LogP) is 2.16. The molecule has 1 aliphatic carbocycles. The van der Waals surface area contributed by atoms with Crippen molar-refractivity contribution >= 4 is 5.91 Å². The van der Waals surface area contributed by atoms with Crippen molar-refractivity contribution in [1.29, 1.82) is 0 Å². The number of aromatic hydroxyl groups is 1. The van der Waals surface area contributed by atoms with Gasteiger partial charge in [0, 0.05) is 23.6 Å². The lowest BCUT2D eigenvalue weighted by molar-refractivity contribution is 0.0892. The van der Waals surface area contributed by atoms with Crippen LogP contribution in [-0.2, 0) is 0 Å². The molecule has 1 saturated carbocycles. The lowest BCUT2D eigenvalue weighted by Crippen LogP contribution is -2.43. The van der Waals surface area contributed by atoms with Gasteiger partial charge in [-0.05, 0) is 31.9 Å². The van der Waals surface area contributed by atoms with Crippen molar-refractivity contribution in [2.24, 2.45) is 0 Å². The van der Waals surface area contributed by atoms with E-state index in [2.05, 4.69) is 20.7 Å². The fourth-order valence-electron chi connectivity index (χ4n) is 2.95. The molecule has 1 atom stereocenters. The van der Waals surface area contributed by atoms with Gasteiger partial charge in [-0.15, -0.1) is 10.2 Å². The molecule has 9 heteroatoms. The van der Waals surface area contributed by atoms with Crippen LogP contribution < -0.4 is 5.32 Å². The number of carbonyl (C=O) groups excluding carboxylic acids is 1. The van der Waals surface area contributed by atoms with E-state index in [9.17, 15) is 15.0 Å². The first-order valence-corrected chi connectivity index (χ1v) is 8.58. The van der Waals surface area contributed by atoms with Crippen LogP contribution in [0.15, 0.2) is 39.3 Å². The third-order valence-electron chi connectivity index (χ3n) is 4.51. The van der Waals surface area contributed by atoms with E-state index in [4.69, 9.17) is 8.94 Å². The molecule has 2 aromatic heterocycles. The first-order chi connectivity index (χ1) is 13.0. The van der Waals surface area contributed by atoms with Crippen molar-refractivity contribution in [1.82, 2.24) is 20.7 Å². The number of aromatic nitrogens is 3. The average molecular weight is 370 g/mol. The lowest BCUT2D eigenvalue weighted by Gasteiger charge is -2.33. The first kappa shape index (κ1) is 17.2. The van der Waals surface area contributed by atoms with E-state index in [0.29, 0.717) is 30.1 Å². The molecule has 1 aliphatic rings. The second kappa shape index (κ2) is 6.84. The van der Waals surface area contributed by atoms with Crippen LogP contribution in [-0.4, -0.2) is 37.5 Å². The number of amides is 1. The molecule has 0 unspecified atom stereocenters. The minimum Gasteiger partial charge on any atom is -0.508 e. The normalized spacial score (nSPS) is 20.1. The predicted molar refractivity (Wildman–Crippen MR) is 91.8 cm³/mol. The minimum absolute atomic E-state index is 0.0229. The molecule has 140 valence electrons. The largest absolute Gasteiger partial charge is 0.508 e. The van der Waals surface area contributed by atoms with Crippen LogP contribution in [0, 0.1) is 0 Å². The van der Waals surface area contributed by atoms with Gasteiger partial charge in [0.1, 0.15) is 11.9 Å². The van der Waals surface area contributed by atoms with E-state index in [1.165, 1.54) is 12.1 Å². The smallest absolute Gasteiger partial charge is 0.273 e. The summed E-state index contributed by atoms with van der Waals surface area (Å²) < 4.78 is 10.6. The third-order valence-corrected chi connectivity index (χ3v) is 4.51. The molecule has 0 bridgehead atoms. The van der Waals surface area contributed by atoms with E-state index in [-0.39, 0.29) is 35.2 Å². The number of hydrogen-bond acceptors (Lipinski definition) is 8. The standard InChI is InChI=1S/C18H18N4O5/c1-9(23)17-20-21-18(26-17)11-5-12(6-11)19-16(25)14-8-15(27-22-14)10-3-2-4-13(24)7-10/h2-4,7-9,11-12,23-24H,5-6H2,1H3,(H,19,25)/t9-,11?,12?/m1/s1. The zero-order valence-electron chi connectivity index (χ0n) is 14.5. The van der Waals surface area contributed by atoms with Crippen LogP contribution in [0.2, 0.25) is 0 Å². The number of nitrogens with one attached hydrogen (secondary N) is 1. The number of aliphatic hydroxyl groups excluding tert-OH is 1. The lowest BCUT2D eigenvalue weighted by atomic mass is 9.80. The Hall–Kier alpha value is -3.20. The number of benzene rings is 1. The molecule has 1 aromatic carbocycles. The SMILES string of the molecule is C[C@@H](O)c1nnc(C2CC(NC(=O)c3cc(-c4cccc(O)c4)on3)C2)o1. The Labute approximate surface area is 154 Å². The van der Waals surface area contributed by atoms with Gasteiger partial charge in [-0.3, -0.25) is 4.79 Å². The molecule has 27 heavy (non-hydrogen) atoms. The third kappa shape index (κ3) is 3.54. The zero-order valence-corrected chi connectivity index (χ0v) is 14.5. The maximum atomic E-state index is 12.3. The van der Waals surface area contributed by atoms with Gasteiger partial charge in [0.05, 0.1) is 0 Å². The van der Waals surface area contributed by atoms with Crippen molar-refractivity contribution in [2.45, 2.75) is 37.8 Å². The minimum atomic E-state index is -0.797. The number of phenols is 1. The Bertz CT molecular complexity index is 958. The molecule has 3 N–H and O–H groups in total. The molecule has 0 radical (unpaired) electrons. The number of phenolic OH excluding ortho intramolecular Hbond substituents is 1. The molecule has 0 saturated heterocycles. The van der Waals surface area contributed by atoms with Gasteiger partial charge >= 0.3 is 0 Å². The van der Waals surface area contributed by atoms with E-state index < -0.39 is 6.10 Å². The van der Waals surface area contributed by atoms with Gasteiger partial charge in [0.2, 0.25) is 11.8 Å². The second-order valence-corrected chi connectivity index (χ2v) is 6.62. The molecule has 0 spiro atoms. The Balaban J connectivity index is 1.34. The van der Waals surface area contributed by atoms with Gasteiger partial charge < -0.3 is 24.5 Å². The molecule has 9 nitrogen and oxygen atoms in total. The number of nitrogens with zero attached hydrogens (tertiary/aromatic N) is 3. The molecule has 1 fully saturated rings. The van der Waals surface area contributed by atoms with Gasteiger partial charge in [-0.1, -0.05) is 17.3 Å².